The van der Waals surface area contributed by atoms with Gasteiger partial charge in [-0.1, -0.05) is 0 Å². The number of sulfonamides is 1. The fourth-order valence-corrected chi connectivity index (χ4v) is 6.48. The van der Waals surface area contributed by atoms with Gasteiger partial charge in [-0.25, -0.2) is 16.8 Å². The minimum Gasteiger partial charge on any atom is -0.387 e. The number of rotatable bonds is 4. The molecular formula is C11H22N4O4S2. The van der Waals surface area contributed by atoms with Crippen LogP contribution in [0.1, 0.15) is 12.8 Å². The molecular weight excluding hydrogens is 316 g/mol. The third-order valence-corrected chi connectivity index (χ3v) is 8.12. The molecule has 2 fully saturated rings. The molecule has 21 heavy (non-hydrogen) atoms. The van der Waals surface area contributed by atoms with E-state index in [1.54, 1.807) is 0 Å². The van der Waals surface area contributed by atoms with Crippen molar-refractivity contribution in [2.75, 3.05) is 44.2 Å². The molecule has 0 amide bonds. The molecule has 2 aliphatic heterocycles. The molecule has 8 nitrogen and oxygen atoms in total. The highest BCUT2D eigenvalue weighted by molar-refractivity contribution is 7.92. The summed E-state index contributed by atoms with van der Waals surface area (Å²) in [6.45, 7) is 2.20. The van der Waals surface area contributed by atoms with Crippen LogP contribution in [0, 0.1) is 5.41 Å². The fourth-order valence-electron chi connectivity index (χ4n) is 2.76. The van der Waals surface area contributed by atoms with E-state index in [0.717, 1.165) is 0 Å². The molecule has 2 saturated heterocycles. The van der Waals surface area contributed by atoms with Crippen LogP contribution < -0.4 is 5.73 Å². The lowest BCUT2D eigenvalue weighted by molar-refractivity contribution is 0.207. The number of sulfone groups is 1. The number of hydrogen-bond donors (Lipinski definition) is 2. The van der Waals surface area contributed by atoms with Crippen LogP contribution in [0.4, 0.5) is 0 Å². The lowest BCUT2D eigenvalue weighted by Gasteiger charge is -2.36. The van der Waals surface area contributed by atoms with Gasteiger partial charge < -0.3 is 5.73 Å². The fraction of sp³-hybridized carbons (Fsp3) is 0.909. The van der Waals surface area contributed by atoms with E-state index in [2.05, 4.69) is 0 Å². The molecule has 122 valence electrons. The zero-order chi connectivity index (χ0) is 15.7. The molecule has 2 rings (SSSR count). The number of piperazine rings is 1. The lowest BCUT2D eigenvalue weighted by Crippen LogP contribution is -2.53. The van der Waals surface area contributed by atoms with Crippen molar-refractivity contribution in [2.24, 2.45) is 5.73 Å². The van der Waals surface area contributed by atoms with Crippen molar-refractivity contribution in [3.63, 3.8) is 0 Å². The van der Waals surface area contributed by atoms with E-state index in [1.807, 2.05) is 4.90 Å². The van der Waals surface area contributed by atoms with Gasteiger partial charge >= 0.3 is 0 Å². The van der Waals surface area contributed by atoms with Gasteiger partial charge in [-0.2, -0.15) is 4.31 Å². The van der Waals surface area contributed by atoms with Crippen molar-refractivity contribution in [3.8, 4) is 0 Å². The summed E-state index contributed by atoms with van der Waals surface area (Å²) in [4.78, 5) is 1.94. The van der Waals surface area contributed by atoms with Crippen molar-refractivity contribution in [1.29, 1.82) is 5.41 Å². The van der Waals surface area contributed by atoms with E-state index < -0.39 is 25.1 Å². The van der Waals surface area contributed by atoms with E-state index in [1.165, 1.54) is 4.31 Å². The number of amidine groups is 1. The molecule has 0 radical (unpaired) electrons. The SMILES string of the molecule is N=C(N)CN1CCN(S(=O)(=O)C2CCS(=O)(=O)CC2)CC1. The Bertz CT molecular complexity index is 580. The van der Waals surface area contributed by atoms with E-state index >= 15 is 0 Å². The molecule has 0 aromatic heterocycles. The maximum atomic E-state index is 12.5. The van der Waals surface area contributed by atoms with Gasteiger partial charge in [0.25, 0.3) is 0 Å². The van der Waals surface area contributed by atoms with E-state index in [-0.39, 0.29) is 30.2 Å². The van der Waals surface area contributed by atoms with Crippen LogP contribution in [0.15, 0.2) is 0 Å². The van der Waals surface area contributed by atoms with Crippen LogP contribution >= 0.6 is 0 Å². The Balaban J connectivity index is 1.94. The van der Waals surface area contributed by atoms with Crippen LogP contribution in [0.25, 0.3) is 0 Å². The first-order chi connectivity index (χ1) is 9.71. The first-order valence-electron chi connectivity index (χ1n) is 6.95. The largest absolute Gasteiger partial charge is 0.387 e. The van der Waals surface area contributed by atoms with Gasteiger partial charge in [0.2, 0.25) is 10.0 Å². The topological polar surface area (TPSA) is 125 Å². The third-order valence-electron chi connectivity index (χ3n) is 4.01. The number of nitrogens with two attached hydrogens (primary N) is 1. The Labute approximate surface area is 125 Å². The van der Waals surface area contributed by atoms with Gasteiger partial charge in [0, 0.05) is 26.2 Å². The van der Waals surface area contributed by atoms with Gasteiger partial charge in [-0.3, -0.25) is 10.3 Å². The Kier molecular flexibility index (Phi) is 4.91. The smallest absolute Gasteiger partial charge is 0.217 e. The Morgan fingerprint density at radius 3 is 2.14 bits per heavy atom. The van der Waals surface area contributed by atoms with Crippen LogP contribution in [-0.4, -0.2) is 81.4 Å². The van der Waals surface area contributed by atoms with Crippen molar-refractivity contribution in [1.82, 2.24) is 9.21 Å². The second-order valence-electron chi connectivity index (χ2n) is 5.60. The summed E-state index contributed by atoms with van der Waals surface area (Å²) in [5, 5.41) is 6.67. The van der Waals surface area contributed by atoms with Crippen molar-refractivity contribution >= 4 is 25.7 Å². The predicted molar refractivity (Wildman–Crippen MR) is 80.5 cm³/mol. The molecule has 0 aromatic rings. The quantitative estimate of drug-likeness (QED) is 0.472. The molecule has 0 saturated carbocycles. The van der Waals surface area contributed by atoms with E-state index in [9.17, 15) is 16.8 Å². The first-order valence-corrected chi connectivity index (χ1v) is 10.3. The number of nitrogens with zero attached hydrogens (tertiary/aromatic N) is 2. The molecule has 2 aliphatic rings. The highest BCUT2D eigenvalue weighted by Gasteiger charge is 2.37. The number of nitrogens with one attached hydrogen (secondary N) is 1. The molecule has 0 aromatic carbocycles. The maximum absolute atomic E-state index is 12.5. The molecule has 2 heterocycles. The molecule has 3 N–H and O–H groups in total. The molecule has 0 aliphatic carbocycles. The zero-order valence-electron chi connectivity index (χ0n) is 11.9. The van der Waals surface area contributed by atoms with Crippen LogP contribution in [0.5, 0.6) is 0 Å². The van der Waals surface area contributed by atoms with Crippen LogP contribution in [0.2, 0.25) is 0 Å². The maximum Gasteiger partial charge on any atom is 0.217 e. The molecule has 0 bridgehead atoms. The highest BCUT2D eigenvalue weighted by atomic mass is 32.2. The zero-order valence-corrected chi connectivity index (χ0v) is 13.5. The molecule has 10 heteroatoms. The summed E-state index contributed by atoms with van der Waals surface area (Å²) < 4.78 is 49.3. The summed E-state index contributed by atoms with van der Waals surface area (Å²) >= 11 is 0. The molecule has 0 spiro atoms. The molecule has 0 atom stereocenters. The Morgan fingerprint density at radius 1 is 1.14 bits per heavy atom. The van der Waals surface area contributed by atoms with Gasteiger partial charge in [0.1, 0.15) is 15.7 Å². The molecule has 0 unspecified atom stereocenters. The van der Waals surface area contributed by atoms with Crippen LogP contribution in [0.3, 0.4) is 0 Å². The summed E-state index contributed by atoms with van der Waals surface area (Å²) in [7, 11) is -6.49. The summed E-state index contributed by atoms with van der Waals surface area (Å²) in [5.41, 5.74) is 5.34. The first kappa shape index (κ1) is 16.7. The Morgan fingerprint density at radius 2 is 1.67 bits per heavy atom. The highest BCUT2D eigenvalue weighted by Crippen LogP contribution is 2.23. The summed E-state index contributed by atoms with van der Waals surface area (Å²) in [6.07, 6.45) is 0.386. The van der Waals surface area contributed by atoms with E-state index in [0.29, 0.717) is 32.7 Å². The van der Waals surface area contributed by atoms with Gasteiger partial charge in [0.05, 0.1) is 23.3 Å². The van der Waals surface area contributed by atoms with E-state index in [4.69, 9.17) is 11.1 Å². The second kappa shape index (κ2) is 6.19. The third kappa shape index (κ3) is 4.15. The van der Waals surface area contributed by atoms with Gasteiger partial charge in [0.15, 0.2) is 0 Å². The number of hydrogen-bond acceptors (Lipinski definition) is 6. The monoisotopic (exact) mass is 338 g/mol. The minimum absolute atomic E-state index is 0.0405. The second-order valence-corrected chi connectivity index (χ2v) is 10.1. The predicted octanol–water partition coefficient (Wildman–Crippen LogP) is -1.55. The van der Waals surface area contributed by atoms with Crippen molar-refractivity contribution < 1.29 is 16.8 Å². The Hall–Kier alpha value is -0.710. The van der Waals surface area contributed by atoms with Crippen LogP contribution in [-0.2, 0) is 19.9 Å². The standard InChI is InChI=1S/C11H22N4O4S2/c12-11(13)9-14-3-5-15(6-4-14)21(18,19)10-1-7-20(16,17)8-2-10/h10H,1-9H2,(H3,12,13). The van der Waals surface area contributed by atoms with Gasteiger partial charge in [-0.05, 0) is 12.8 Å². The summed E-state index contributed by atoms with van der Waals surface area (Å²) in [5.74, 6) is -0.00800. The lowest BCUT2D eigenvalue weighted by atomic mass is 10.2. The van der Waals surface area contributed by atoms with Crippen molar-refractivity contribution in [3.05, 3.63) is 0 Å². The average Bonchev–Trinajstić information content (AvgIpc) is 2.38. The minimum atomic E-state index is -3.43. The average molecular weight is 338 g/mol. The van der Waals surface area contributed by atoms with Crippen molar-refractivity contribution in [2.45, 2.75) is 18.1 Å². The normalized spacial score (nSPS) is 25.7. The summed E-state index contributed by atoms with van der Waals surface area (Å²) in [6, 6.07) is 0. The van der Waals surface area contributed by atoms with Gasteiger partial charge in [-0.15, -0.1) is 0 Å².